The number of ether oxygens (including phenoxy) is 3. The molecule has 0 aliphatic carbocycles. The zero-order valence-corrected chi connectivity index (χ0v) is 19.0. The second kappa shape index (κ2) is 10.6. The Kier molecular flexibility index (Phi) is 7.21. The van der Waals surface area contributed by atoms with Crippen molar-refractivity contribution in [3.8, 4) is 17.2 Å². The molecule has 2 aromatic carbocycles. The van der Waals surface area contributed by atoms with Gasteiger partial charge in [-0.2, -0.15) is 15.1 Å². The minimum absolute atomic E-state index is 0.501. The van der Waals surface area contributed by atoms with Crippen molar-refractivity contribution < 1.29 is 14.2 Å². The molecule has 4 aromatic rings. The van der Waals surface area contributed by atoms with E-state index in [2.05, 4.69) is 15.7 Å². The number of rotatable bonds is 11. The number of methoxy groups -OCH3 is 2. The van der Waals surface area contributed by atoms with Crippen molar-refractivity contribution in [1.82, 2.24) is 19.7 Å². The van der Waals surface area contributed by atoms with E-state index in [1.165, 1.54) is 0 Å². The summed E-state index contributed by atoms with van der Waals surface area (Å²) in [6.07, 6.45) is 2.61. The smallest absolute Gasteiger partial charge is 0.226 e. The van der Waals surface area contributed by atoms with Gasteiger partial charge in [-0.05, 0) is 37.6 Å². The van der Waals surface area contributed by atoms with Gasteiger partial charge in [-0.15, -0.1) is 0 Å². The molecule has 0 radical (unpaired) electrons. The van der Waals surface area contributed by atoms with Crippen LogP contribution < -0.4 is 20.1 Å². The molecule has 0 fully saturated rings. The van der Waals surface area contributed by atoms with Crippen molar-refractivity contribution in [3.63, 3.8) is 0 Å². The number of nitrogens with zero attached hydrogens (tertiary/aromatic N) is 4. The molecule has 0 unspecified atom stereocenters. The van der Waals surface area contributed by atoms with Crippen LogP contribution in [-0.4, -0.2) is 53.7 Å². The van der Waals surface area contributed by atoms with Gasteiger partial charge >= 0.3 is 0 Å². The third-order valence-corrected chi connectivity index (χ3v) is 5.04. The largest absolute Gasteiger partial charge is 0.497 e. The van der Waals surface area contributed by atoms with Crippen molar-refractivity contribution in [1.29, 1.82) is 0 Å². The number of fused-ring (bicyclic) bond motifs is 1. The van der Waals surface area contributed by atoms with Crippen LogP contribution in [0, 0.1) is 0 Å². The van der Waals surface area contributed by atoms with Crippen molar-refractivity contribution in [3.05, 3.63) is 54.7 Å². The molecular formula is C24H28N6O3. The number of benzene rings is 2. The standard InChI is InChI=1S/C24H28N6O3/c1-4-33-14-8-13-25-24-28-22(27-20-15-18(31-2)11-12-21(20)32-3)19-16-26-30(23(19)29-24)17-9-6-5-7-10-17/h5-7,9-12,15-16H,4,8,13-14H2,1-3H3,(H2,25,27,28,29). The van der Waals surface area contributed by atoms with Gasteiger partial charge in [0, 0.05) is 25.8 Å². The molecule has 0 spiro atoms. The molecule has 0 bridgehead atoms. The highest BCUT2D eigenvalue weighted by atomic mass is 16.5. The predicted molar refractivity (Wildman–Crippen MR) is 129 cm³/mol. The van der Waals surface area contributed by atoms with Crippen LogP contribution in [0.2, 0.25) is 0 Å². The number of anilines is 3. The minimum Gasteiger partial charge on any atom is -0.497 e. The summed E-state index contributed by atoms with van der Waals surface area (Å²) in [5.74, 6) is 2.49. The molecule has 2 N–H and O–H groups in total. The van der Waals surface area contributed by atoms with Crippen LogP contribution in [0.3, 0.4) is 0 Å². The van der Waals surface area contributed by atoms with E-state index < -0.39 is 0 Å². The molecule has 0 saturated heterocycles. The molecule has 9 nitrogen and oxygen atoms in total. The molecule has 33 heavy (non-hydrogen) atoms. The van der Waals surface area contributed by atoms with Crippen LogP contribution in [0.15, 0.2) is 54.7 Å². The maximum Gasteiger partial charge on any atom is 0.226 e. The zero-order chi connectivity index (χ0) is 23.0. The minimum atomic E-state index is 0.501. The van der Waals surface area contributed by atoms with Crippen LogP contribution in [0.4, 0.5) is 17.5 Å². The van der Waals surface area contributed by atoms with Gasteiger partial charge in [-0.3, -0.25) is 0 Å². The Hall–Kier alpha value is -3.85. The molecule has 0 amide bonds. The van der Waals surface area contributed by atoms with E-state index in [1.54, 1.807) is 25.1 Å². The summed E-state index contributed by atoms with van der Waals surface area (Å²) >= 11 is 0. The van der Waals surface area contributed by atoms with Crippen molar-refractivity contribution in [2.75, 3.05) is 44.6 Å². The maximum atomic E-state index is 5.52. The third kappa shape index (κ3) is 5.15. The lowest BCUT2D eigenvalue weighted by Crippen LogP contribution is -2.10. The van der Waals surface area contributed by atoms with Gasteiger partial charge in [0.25, 0.3) is 0 Å². The average Bonchev–Trinajstić information content (AvgIpc) is 3.28. The summed E-state index contributed by atoms with van der Waals surface area (Å²) in [7, 11) is 3.25. The number of para-hydroxylation sites is 1. The normalized spacial score (nSPS) is 10.9. The Morgan fingerprint density at radius 3 is 2.61 bits per heavy atom. The fraction of sp³-hybridized carbons (Fsp3) is 0.292. The highest BCUT2D eigenvalue weighted by molar-refractivity contribution is 5.91. The topological polar surface area (TPSA) is 95.4 Å². The fourth-order valence-electron chi connectivity index (χ4n) is 3.40. The second-order valence-corrected chi connectivity index (χ2v) is 7.19. The molecule has 4 rings (SSSR count). The van der Waals surface area contributed by atoms with E-state index in [0.717, 1.165) is 23.2 Å². The predicted octanol–water partition coefficient (Wildman–Crippen LogP) is 4.41. The van der Waals surface area contributed by atoms with Gasteiger partial charge in [-0.25, -0.2) is 4.68 Å². The molecule has 0 aliphatic rings. The van der Waals surface area contributed by atoms with E-state index >= 15 is 0 Å². The number of nitrogens with one attached hydrogen (secondary N) is 2. The second-order valence-electron chi connectivity index (χ2n) is 7.19. The van der Waals surface area contributed by atoms with Gasteiger partial charge in [0.1, 0.15) is 17.3 Å². The first-order valence-corrected chi connectivity index (χ1v) is 10.8. The van der Waals surface area contributed by atoms with Crippen molar-refractivity contribution >= 4 is 28.5 Å². The number of aromatic nitrogens is 4. The summed E-state index contributed by atoms with van der Waals surface area (Å²) in [5, 5.41) is 12.0. The Morgan fingerprint density at radius 2 is 1.85 bits per heavy atom. The molecule has 2 aromatic heterocycles. The molecule has 172 valence electrons. The van der Waals surface area contributed by atoms with E-state index in [-0.39, 0.29) is 0 Å². The Bertz CT molecular complexity index is 1200. The Morgan fingerprint density at radius 1 is 1.00 bits per heavy atom. The van der Waals surface area contributed by atoms with Crippen LogP contribution in [0.1, 0.15) is 13.3 Å². The number of hydrogen-bond acceptors (Lipinski definition) is 8. The first-order valence-electron chi connectivity index (χ1n) is 10.8. The van der Waals surface area contributed by atoms with Crippen molar-refractivity contribution in [2.45, 2.75) is 13.3 Å². The van der Waals surface area contributed by atoms with E-state index in [0.29, 0.717) is 48.7 Å². The number of hydrogen-bond donors (Lipinski definition) is 2. The maximum absolute atomic E-state index is 5.52. The molecule has 0 atom stereocenters. The van der Waals surface area contributed by atoms with Crippen LogP contribution in [0.5, 0.6) is 11.5 Å². The van der Waals surface area contributed by atoms with Crippen molar-refractivity contribution in [2.24, 2.45) is 0 Å². The molecule has 2 heterocycles. The highest BCUT2D eigenvalue weighted by Gasteiger charge is 2.16. The van der Waals surface area contributed by atoms with Gasteiger partial charge in [-0.1, -0.05) is 18.2 Å². The third-order valence-electron chi connectivity index (χ3n) is 5.04. The lowest BCUT2D eigenvalue weighted by molar-refractivity contribution is 0.147. The quantitative estimate of drug-likeness (QED) is 0.326. The van der Waals surface area contributed by atoms with Gasteiger partial charge in [0.05, 0.1) is 37.2 Å². The monoisotopic (exact) mass is 448 g/mol. The Labute approximate surface area is 192 Å². The SMILES string of the molecule is CCOCCCNc1nc(Nc2cc(OC)ccc2OC)c2cnn(-c3ccccc3)c2n1. The van der Waals surface area contributed by atoms with Crippen LogP contribution >= 0.6 is 0 Å². The summed E-state index contributed by atoms with van der Waals surface area (Å²) < 4.78 is 18.1. The van der Waals surface area contributed by atoms with E-state index in [9.17, 15) is 0 Å². The Balaban J connectivity index is 1.73. The van der Waals surface area contributed by atoms with Gasteiger partial charge in [0.15, 0.2) is 5.65 Å². The molecule has 0 saturated carbocycles. The lowest BCUT2D eigenvalue weighted by Gasteiger charge is -2.14. The van der Waals surface area contributed by atoms with E-state index in [4.69, 9.17) is 24.2 Å². The van der Waals surface area contributed by atoms with E-state index in [1.807, 2.05) is 55.5 Å². The van der Waals surface area contributed by atoms with Crippen LogP contribution in [-0.2, 0) is 4.74 Å². The summed E-state index contributed by atoms with van der Waals surface area (Å²) in [6.45, 7) is 4.06. The average molecular weight is 449 g/mol. The summed E-state index contributed by atoms with van der Waals surface area (Å²) in [6, 6.07) is 15.4. The molecule has 0 aliphatic heterocycles. The lowest BCUT2D eigenvalue weighted by atomic mass is 10.2. The van der Waals surface area contributed by atoms with Gasteiger partial charge in [0.2, 0.25) is 5.95 Å². The summed E-state index contributed by atoms with van der Waals surface area (Å²) in [4.78, 5) is 9.48. The molecule has 9 heteroatoms. The fourth-order valence-corrected chi connectivity index (χ4v) is 3.40. The first-order chi connectivity index (χ1) is 16.2. The van der Waals surface area contributed by atoms with Crippen LogP contribution in [0.25, 0.3) is 16.7 Å². The zero-order valence-electron chi connectivity index (χ0n) is 19.0. The van der Waals surface area contributed by atoms with Gasteiger partial charge < -0.3 is 24.8 Å². The molecular weight excluding hydrogens is 420 g/mol. The summed E-state index contributed by atoms with van der Waals surface area (Å²) in [5.41, 5.74) is 2.33. The highest BCUT2D eigenvalue weighted by Crippen LogP contribution is 2.34. The first kappa shape index (κ1) is 22.3.